The predicted molar refractivity (Wildman–Crippen MR) is 101 cm³/mol. The van der Waals surface area contributed by atoms with Gasteiger partial charge in [0.25, 0.3) is 5.89 Å². The molecule has 2 aromatic carbocycles. The van der Waals surface area contributed by atoms with Crippen LogP contribution in [-0.4, -0.2) is 23.2 Å². The summed E-state index contributed by atoms with van der Waals surface area (Å²) in [6.07, 6.45) is 0. The molecule has 1 N–H and O–H groups in total. The molecule has 0 saturated carbocycles. The number of amides is 1. The average Bonchev–Trinajstić information content (AvgIpc) is 3.26. The molecule has 0 unspecified atom stereocenters. The number of anilines is 1. The van der Waals surface area contributed by atoms with Gasteiger partial charge < -0.3 is 19.0 Å². The summed E-state index contributed by atoms with van der Waals surface area (Å²) in [5, 5.41) is 7.72. The van der Waals surface area contributed by atoms with Gasteiger partial charge in [0.05, 0.1) is 7.11 Å². The average molecular weight is 363 g/mol. The van der Waals surface area contributed by atoms with Crippen molar-refractivity contribution < 1.29 is 18.5 Å². The van der Waals surface area contributed by atoms with Crippen LogP contribution in [0, 0.1) is 6.92 Å². The third-order valence-corrected chi connectivity index (χ3v) is 4.20. The van der Waals surface area contributed by atoms with Crippen molar-refractivity contribution in [3.05, 3.63) is 48.0 Å². The maximum absolute atomic E-state index is 11.2. The lowest BCUT2D eigenvalue weighted by Crippen LogP contribution is -2.05. The number of methoxy groups -OCH3 is 1. The summed E-state index contributed by atoms with van der Waals surface area (Å²) in [6.45, 7) is 3.39. The van der Waals surface area contributed by atoms with Gasteiger partial charge in [-0.25, -0.2) is 0 Å². The first-order valence-electron chi connectivity index (χ1n) is 8.34. The van der Waals surface area contributed by atoms with Crippen LogP contribution < -0.4 is 10.1 Å². The van der Waals surface area contributed by atoms with Gasteiger partial charge in [0, 0.05) is 29.1 Å². The molecule has 4 aromatic rings. The molecule has 27 heavy (non-hydrogen) atoms. The molecule has 0 saturated heterocycles. The first kappa shape index (κ1) is 16.8. The van der Waals surface area contributed by atoms with Crippen molar-refractivity contribution in [2.45, 2.75) is 13.8 Å². The minimum atomic E-state index is -0.147. The molecular formula is C20H17N3O4. The molecular weight excluding hydrogens is 346 g/mol. The second kappa shape index (κ2) is 6.60. The summed E-state index contributed by atoms with van der Waals surface area (Å²) in [4.78, 5) is 15.7. The number of benzene rings is 2. The maximum atomic E-state index is 11.2. The van der Waals surface area contributed by atoms with Crippen LogP contribution in [0.5, 0.6) is 5.75 Å². The number of carbonyl (C=O) groups excluding carboxylic acids is 1. The highest BCUT2D eigenvalue weighted by atomic mass is 16.5. The Morgan fingerprint density at radius 2 is 2.04 bits per heavy atom. The molecule has 0 aliphatic carbocycles. The number of carbonyl (C=O) groups is 1. The third-order valence-electron chi connectivity index (χ3n) is 4.20. The molecule has 136 valence electrons. The van der Waals surface area contributed by atoms with Gasteiger partial charge in [-0.15, -0.1) is 0 Å². The van der Waals surface area contributed by atoms with Gasteiger partial charge in [0.15, 0.2) is 5.76 Å². The van der Waals surface area contributed by atoms with E-state index in [1.807, 2.05) is 37.3 Å². The number of rotatable bonds is 4. The third kappa shape index (κ3) is 3.15. The number of nitrogens with zero attached hydrogens (tertiary/aromatic N) is 2. The Hall–Kier alpha value is -3.61. The van der Waals surface area contributed by atoms with Gasteiger partial charge in [-0.2, -0.15) is 4.98 Å². The Labute approximate surface area is 154 Å². The lowest BCUT2D eigenvalue weighted by atomic mass is 10.1. The topological polar surface area (TPSA) is 90.4 Å². The minimum absolute atomic E-state index is 0.147. The van der Waals surface area contributed by atoms with Crippen molar-refractivity contribution in [3.63, 3.8) is 0 Å². The maximum Gasteiger partial charge on any atom is 0.258 e. The zero-order valence-electron chi connectivity index (χ0n) is 15.1. The molecule has 0 radical (unpaired) electrons. The number of hydrogen-bond donors (Lipinski definition) is 1. The summed E-state index contributed by atoms with van der Waals surface area (Å²) in [6, 6.07) is 12.8. The van der Waals surface area contributed by atoms with E-state index in [0.717, 1.165) is 22.3 Å². The molecule has 7 heteroatoms. The molecule has 0 aliphatic rings. The van der Waals surface area contributed by atoms with Crippen LogP contribution >= 0.6 is 0 Å². The summed E-state index contributed by atoms with van der Waals surface area (Å²) >= 11 is 0. The molecule has 2 heterocycles. The normalized spacial score (nSPS) is 10.9. The van der Waals surface area contributed by atoms with Crippen LogP contribution in [0.15, 0.2) is 51.4 Å². The summed E-state index contributed by atoms with van der Waals surface area (Å²) < 4.78 is 16.6. The molecule has 0 aliphatic heterocycles. The van der Waals surface area contributed by atoms with Crippen molar-refractivity contribution in [3.8, 4) is 28.8 Å². The minimum Gasteiger partial charge on any atom is -0.497 e. The first-order valence-corrected chi connectivity index (χ1v) is 8.34. The zero-order chi connectivity index (χ0) is 19.0. The van der Waals surface area contributed by atoms with Gasteiger partial charge in [-0.1, -0.05) is 11.2 Å². The number of aryl methyl sites for hydroxylation is 1. The van der Waals surface area contributed by atoms with Crippen LogP contribution in [0.3, 0.4) is 0 Å². The Kier molecular flexibility index (Phi) is 4.12. The van der Waals surface area contributed by atoms with Gasteiger partial charge in [-0.3, -0.25) is 4.79 Å². The van der Waals surface area contributed by atoms with Crippen LogP contribution in [0.1, 0.15) is 12.5 Å². The van der Waals surface area contributed by atoms with E-state index in [-0.39, 0.29) is 5.91 Å². The molecule has 2 aromatic heterocycles. The van der Waals surface area contributed by atoms with E-state index in [1.54, 1.807) is 19.2 Å². The van der Waals surface area contributed by atoms with Gasteiger partial charge in [0.1, 0.15) is 11.3 Å². The molecule has 0 spiro atoms. The highest BCUT2D eigenvalue weighted by Gasteiger charge is 2.19. The molecule has 0 atom stereocenters. The van der Waals surface area contributed by atoms with E-state index in [0.29, 0.717) is 28.7 Å². The quantitative estimate of drug-likeness (QED) is 0.577. The smallest absolute Gasteiger partial charge is 0.258 e. The number of hydrogen-bond acceptors (Lipinski definition) is 6. The molecule has 4 rings (SSSR count). The van der Waals surface area contributed by atoms with E-state index in [2.05, 4.69) is 15.5 Å². The first-order chi connectivity index (χ1) is 13.0. The van der Waals surface area contributed by atoms with Crippen LogP contribution in [0.2, 0.25) is 0 Å². The summed E-state index contributed by atoms with van der Waals surface area (Å²) in [5.74, 6) is 1.86. The molecule has 1 amide bonds. The largest absolute Gasteiger partial charge is 0.497 e. The van der Waals surface area contributed by atoms with Crippen molar-refractivity contribution >= 4 is 22.6 Å². The van der Waals surface area contributed by atoms with E-state index >= 15 is 0 Å². The Bertz CT molecular complexity index is 1140. The predicted octanol–water partition coefficient (Wildman–Crippen LogP) is 4.43. The van der Waals surface area contributed by atoms with Crippen molar-refractivity contribution in [1.82, 2.24) is 10.1 Å². The fraction of sp³-hybridized carbons (Fsp3) is 0.150. The van der Waals surface area contributed by atoms with Crippen molar-refractivity contribution in [1.29, 1.82) is 0 Å². The Morgan fingerprint density at radius 3 is 2.81 bits per heavy atom. The second-order valence-electron chi connectivity index (χ2n) is 6.10. The lowest BCUT2D eigenvalue weighted by Gasteiger charge is -2.02. The Balaban J connectivity index is 1.72. The summed E-state index contributed by atoms with van der Waals surface area (Å²) in [5.41, 5.74) is 2.99. The van der Waals surface area contributed by atoms with E-state index in [4.69, 9.17) is 13.7 Å². The fourth-order valence-electron chi connectivity index (χ4n) is 2.91. The van der Waals surface area contributed by atoms with E-state index in [9.17, 15) is 4.79 Å². The highest BCUT2D eigenvalue weighted by Crippen LogP contribution is 2.34. The Morgan fingerprint density at radius 1 is 1.19 bits per heavy atom. The number of ether oxygens (including phenoxy) is 1. The SMILES string of the molecule is COc1ccc2oc(-c3noc(-c4cccc(NC(C)=O)c4)n3)c(C)c2c1. The van der Waals surface area contributed by atoms with Crippen molar-refractivity contribution in [2.75, 3.05) is 12.4 Å². The highest BCUT2D eigenvalue weighted by molar-refractivity contribution is 5.89. The molecule has 7 nitrogen and oxygen atoms in total. The van der Waals surface area contributed by atoms with Crippen LogP contribution in [0.4, 0.5) is 5.69 Å². The van der Waals surface area contributed by atoms with Crippen molar-refractivity contribution in [2.24, 2.45) is 0 Å². The summed E-state index contributed by atoms with van der Waals surface area (Å²) in [7, 11) is 1.62. The number of furan rings is 1. The van der Waals surface area contributed by atoms with Gasteiger partial charge in [-0.05, 0) is 43.3 Å². The lowest BCUT2D eigenvalue weighted by molar-refractivity contribution is -0.114. The standard InChI is InChI=1S/C20H17N3O4/c1-11-16-10-15(25-3)7-8-17(16)26-18(11)19-22-20(27-23-19)13-5-4-6-14(9-13)21-12(2)24/h4-10H,1-3H3,(H,21,24). The number of nitrogens with one attached hydrogen (secondary N) is 1. The fourth-order valence-corrected chi connectivity index (χ4v) is 2.91. The molecule has 0 bridgehead atoms. The van der Waals surface area contributed by atoms with Gasteiger partial charge >= 0.3 is 0 Å². The van der Waals surface area contributed by atoms with E-state index in [1.165, 1.54) is 6.92 Å². The van der Waals surface area contributed by atoms with Crippen LogP contribution in [0.25, 0.3) is 34.0 Å². The van der Waals surface area contributed by atoms with Crippen LogP contribution in [-0.2, 0) is 4.79 Å². The molecule has 0 fully saturated rings. The second-order valence-corrected chi connectivity index (χ2v) is 6.10. The monoisotopic (exact) mass is 363 g/mol. The zero-order valence-corrected chi connectivity index (χ0v) is 15.1. The number of fused-ring (bicyclic) bond motifs is 1. The van der Waals surface area contributed by atoms with Gasteiger partial charge in [0.2, 0.25) is 11.7 Å². The number of aromatic nitrogens is 2. The van der Waals surface area contributed by atoms with E-state index < -0.39 is 0 Å².